The summed E-state index contributed by atoms with van der Waals surface area (Å²) in [4.78, 5) is 24.9. The van der Waals surface area contributed by atoms with Crippen molar-refractivity contribution in [3.8, 4) is 0 Å². The summed E-state index contributed by atoms with van der Waals surface area (Å²) < 4.78 is 6.45. The number of nitrogens with one attached hydrogen (secondary N) is 1. The van der Waals surface area contributed by atoms with Crippen molar-refractivity contribution in [3.63, 3.8) is 0 Å². The van der Waals surface area contributed by atoms with E-state index >= 15 is 0 Å². The van der Waals surface area contributed by atoms with Crippen molar-refractivity contribution in [3.05, 3.63) is 32.6 Å². The molecule has 4 atom stereocenters. The third-order valence-electron chi connectivity index (χ3n) is 3.21. The minimum Gasteiger partial charge on any atom is -0.394 e. The predicted molar refractivity (Wildman–Crippen MR) is 63.8 cm³/mol. The highest BCUT2D eigenvalue weighted by Gasteiger charge is 2.42. The molecule has 1 fully saturated rings. The van der Waals surface area contributed by atoms with Crippen molar-refractivity contribution < 1.29 is 20.1 Å². The summed E-state index contributed by atoms with van der Waals surface area (Å²) in [5.41, 5.74) is -0.734. The molecule has 1 aromatic heterocycles. The van der Waals surface area contributed by atoms with Gasteiger partial charge in [0, 0.05) is 11.8 Å². The Balaban J connectivity index is 2.21. The van der Waals surface area contributed by atoms with E-state index in [9.17, 15) is 19.8 Å². The zero-order valence-corrected chi connectivity index (χ0v) is 10.3. The summed E-state index contributed by atoms with van der Waals surface area (Å²) in [6.45, 7) is 1.10. The maximum atomic E-state index is 11.6. The van der Waals surface area contributed by atoms with E-state index in [1.165, 1.54) is 10.8 Å². The van der Waals surface area contributed by atoms with Crippen LogP contribution in [-0.4, -0.2) is 55.9 Å². The first-order valence-electron chi connectivity index (χ1n) is 5.87. The molecule has 0 radical (unpaired) electrons. The molecular weight excluding hydrogens is 256 g/mol. The van der Waals surface area contributed by atoms with Gasteiger partial charge in [-0.2, -0.15) is 0 Å². The van der Waals surface area contributed by atoms with Crippen LogP contribution in [0.5, 0.6) is 0 Å². The zero-order chi connectivity index (χ0) is 14.2. The number of hydrogen-bond donors (Lipinski definition) is 4. The smallest absolute Gasteiger partial charge is 0.328 e. The molecule has 106 valence electrons. The molecule has 1 aromatic rings. The molecule has 0 bridgehead atoms. The normalized spacial score (nSPS) is 30.7. The van der Waals surface area contributed by atoms with E-state index < -0.39 is 42.3 Å². The third-order valence-corrected chi connectivity index (χ3v) is 3.21. The van der Waals surface area contributed by atoms with Crippen LogP contribution in [0.2, 0.25) is 0 Å². The summed E-state index contributed by atoms with van der Waals surface area (Å²) in [7, 11) is 0. The maximum absolute atomic E-state index is 11.6. The number of H-pyrrole nitrogens is 1. The number of nitrogens with zero attached hydrogens (tertiary/aromatic N) is 1. The maximum Gasteiger partial charge on any atom is 0.328 e. The Labute approximate surface area is 107 Å². The molecule has 2 heterocycles. The fraction of sp³-hybridized carbons (Fsp3) is 0.636. The number of aromatic amines is 1. The number of aliphatic hydroxyl groups is 3. The van der Waals surface area contributed by atoms with Crippen LogP contribution >= 0.6 is 0 Å². The van der Waals surface area contributed by atoms with Gasteiger partial charge in [-0.3, -0.25) is 14.3 Å². The van der Waals surface area contributed by atoms with Crippen molar-refractivity contribution in [2.45, 2.75) is 37.9 Å². The van der Waals surface area contributed by atoms with Gasteiger partial charge in [0.2, 0.25) is 0 Å². The van der Waals surface area contributed by atoms with Gasteiger partial charge in [-0.25, -0.2) is 4.79 Å². The van der Waals surface area contributed by atoms with E-state index in [1.54, 1.807) is 6.92 Å². The van der Waals surface area contributed by atoms with Crippen molar-refractivity contribution in [2.75, 3.05) is 6.61 Å². The fourth-order valence-electron chi connectivity index (χ4n) is 2.08. The van der Waals surface area contributed by atoms with Gasteiger partial charge < -0.3 is 20.1 Å². The van der Waals surface area contributed by atoms with E-state index in [4.69, 9.17) is 9.84 Å². The van der Waals surface area contributed by atoms with Crippen molar-refractivity contribution in [1.82, 2.24) is 9.55 Å². The molecule has 4 N–H and O–H groups in total. The van der Waals surface area contributed by atoms with Crippen LogP contribution in [0.4, 0.5) is 0 Å². The van der Waals surface area contributed by atoms with E-state index in [0.717, 1.165) is 0 Å². The molecule has 1 aliphatic rings. The fourth-order valence-corrected chi connectivity index (χ4v) is 2.08. The lowest BCUT2D eigenvalue weighted by atomic mass is 10.1. The van der Waals surface area contributed by atoms with Gasteiger partial charge in [-0.15, -0.1) is 0 Å². The lowest BCUT2D eigenvalue weighted by Gasteiger charge is -2.15. The first kappa shape index (κ1) is 13.9. The van der Waals surface area contributed by atoms with Gasteiger partial charge in [0.1, 0.15) is 24.4 Å². The van der Waals surface area contributed by atoms with Gasteiger partial charge in [0.15, 0.2) is 0 Å². The Hall–Kier alpha value is -1.48. The van der Waals surface area contributed by atoms with Gasteiger partial charge in [0.05, 0.1) is 13.2 Å². The predicted octanol–water partition coefficient (Wildman–Crippen LogP) is -2.67. The van der Waals surface area contributed by atoms with Crippen LogP contribution in [0.3, 0.4) is 0 Å². The second kappa shape index (κ2) is 5.25. The summed E-state index contributed by atoms with van der Waals surface area (Å²) in [5.74, 6) is 0. The Kier molecular flexibility index (Phi) is 3.85. The molecular formula is C11H16N2O6. The molecule has 0 amide bonds. The quantitative estimate of drug-likeness (QED) is 0.475. The van der Waals surface area contributed by atoms with E-state index in [-0.39, 0.29) is 6.54 Å². The lowest BCUT2D eigenvalue weighted by molar-refractivity contribution is -0.0269. The Morgan fingerprint density at radius 1 is 1.32 bits per heavy atom. The molecule has 0 aliphatic carbocycles. The van der Waals surface area contributed by atoms with E-state index in [1.807, 2.05) is 0 Å². The van der Waals surface area contributed by atoms with Crippen LogP contribution < -0.4 is 11.2 Å². The highest BCUT2D eigenvalue weighted by Crippen LogP contribution is 2.21. The molecule has 0 spiro atoms. The zero-order valence-electron chi connectivity index (χ0n) is 10.3. The minimum absolute atomic E-state index is 0.0226. The standard InChI is InChI=1S/C11H16N2O6/c1-5-2-13(11(18)12-10(5)17)3-6-8(15)9(16)7(4-14)19-6/h2,6-9,14-16H,3-4H2,1H3,(H,12,17,18)/t6-,7+,8+,9+/m0/s1. The molecule has 2 rings (SSSR count). The van der Waals surface area contributed by atoms with Gasteiger partial charge in [-0.05, 0) is 6.92 Å². The lowest BCUT2D eigenvalue weighted by Crippen LogP contribution is -2.38. The Bertz CT molecular complexity index is 565. The highest BCUT2D eigenvalue weighted by atomic mass is 16.6. The Morgan fingerprint density at radius 2 is 1.95 bits per heavy atom. The average Bonchev–Trinajstić information content (AvgIpc) is 2.63. The van der Waals surface area contributed by atoms with Crippen LogP contribution in [0.25, 0.3) is 0 Å². The first-order valence-corrected chi connectivity index (χ1v) is 5.87. The van der Waals surface area contributed by atoms with Crippen LogP contribution in [0.15, 0.2) is 15.8 Å². The topological polar surface area (TPSA) is 125 Å². The summed E-state index contributed by atoms with van der Waals surface area (Å²) in [6.07, 6.45) is -2.74. The average molecular weight is 272 g/mol. The number of rotatable bonds is 3. The second-order valence-electron chi connectivity index (χ2n) is 4.60. The molecule has 1 saturated heterocycles. The molecule has 0 saturated carbocycles. The van der Waals surface area contributed by atoms with Crippen molar-refractivity contribution in [1.29, 1.82) is 0 Å². The number of aryl methyl sites for hydroxylation is 1. The third kappa shape index (κ3) is 2.61. The monoisotopic (exact) mass is 272 g/mol. The molecule has 8 nitrogen and oxygen atoms in total. The van der Waals surface area contributed by atoms with E-state index in [2.05, 4.69) is 4.98 Å². The van der Waals surface area contributed by atoms with Crippen LogP contribution in [0.1, 0.15) is 5.56 Å². The molecule has 1 aliphatic heterocycles. The summed E-state index contributed by atoms with van der Waals surface area (Å²) in [5, 5.41) is 28.3. The largest absolute Gasteiger partial charge is 0.394 e. The van der Waals surface area contributed by atoms with Gasteiger partial charge in [0.25, 0.3) is 5.56 Å². The SMILES string of the molecule is Cc1cn(C[C@@H]2O[C@H](CO)[C@@H](O)[C@@H]2O)c(=O)[nH]c1=O. The van der Waals surface area contributed by atoms with E-state index in [0.29, 0.717) is 5.56 Å². The molecule has 19 heavy (non-hydrogen) atoms. The molecule has 8 heteroatoms. The van der Waals surface area contributed by atoms with Crippen LogP contribution in [-0.2, 0) is 11.3 Å². The van der Waals surface area contributed by atoms with Gasteiger partial charge >= 0.3 is 5.69 Å². The van der Waals surface area contributed by atoms with Crippen molar-refractivity contribution >= 4 is 0 Å². The number of aliphatic hydroxyl groups excluding tert-OH is 3. The highest BCUT2D eigenvalue weighted by molar-refractivity contribution is 5.01. The summed E-state index contributed by atoms with van der Waals surface area (Å²) in [6, 6.07) is 0. The molecule has 0 unspecified atom stereocenters. The number of ether oxygens (including phenoxy) is 1. The second-order valence-corrected chi connectivity index (χ2v) is 4.60. The minimum atomic E-state index is -1.20. The van der Waals surface area contributed by atoms with Gasteiger partial charge in [-0.1, -0.05) is 0 Å². The van der Waals surface area contributed by atoms with Crippen LogP contribution in [0, 0.1) is 6.92 Å². The van der Waals surface area contributed by atoms with Crippen molar-refractivity contribution in [2.24, 2.45) is 0 Å². The molecule has 0 aromatic carbocycles. The number of aromatic nitrogens is 2. The first-order chi connectivity index (χ1) is 8.93. The number of hydrogen-bond acceptors (Lipinski definition) is 6. The summed E-state index contributed by atoms with van der Waals surface area (Å²) >= 11 is 0. The Morgan fingerprint density at radius 3 is 2.53 bits per heavy atom.